The number of nitrogens with zero attached hydrogens (tertiary/aromatic N) is 1. The van der Waals surface area contributed by atoms with Crippen LogP contribution < -0.4 is 4.74 Å². The third-order valence-electron chi connectivity index (χ3n) is 2.65. The fourth-order valence-electron chi connectivity index (χ4n) is 1.82. The Hall–Kier alpha value is -2.06. The Morgan fingerprint density at radius 2 is 1.61 bits per heavy atom. The van der Waals surface area contributed by atoms with Gasteiger partial charge in [-0.15, -0.1) is 0 Å². The topological polar surface area (TPSA) is 22.1 Å². The molecule has 3 rings (SSSR count). The standard InChI is InChI=1S/C15H10ClNO/c16-15-10-14(7-8-17-15)18-13-6-5-11-3-1-2-4-12(11)9-13/h1-10H. The fourth-order valence-corrected chi connectivity index (χ4v) is 1.98. The van der Waals surface area contributed by atoms with Gasteiger partial charge >= 0.3 is 0 Å². The normalized spacial score (nSPS) is 10.5. The van der Waals surface area contributed by atoms with Crippen LogP contribution in [0.15, 0.2) is 60.8 Å². The highest BCUT2D eigenvalue weighted by atomic mass is 35.5. The van der Waals surface area contributed by atoms with Gasteiger partial charge in [0.25, 0.3) is 0 Å². The number of halogens is 1. The summed E-state index contributed by atoms with van der Waals surface area (Å²) in [6.07, 6.45) is 1.62. The van der Waals surface area contributed by atoms with Crippen molar-refractivity contribution in [1.29, 1.82) is 0 Å². The molecule has 0 bridgehead atoms. The summed E-state index contributed by atoms with van der Waals surface area (Å²) in [5.41, 5.74) is 0. The lowest BCUT2D eigenvalue weighted by atomic mass is 10.1. The van der Waals surface area contributed by atoms with Crippen molar-refractivity contribution >= 4 is 22.4 Å². The maximum Gasteiger partial charge on any atom is 0.132 e. The van der Waals surface area contributed by atoms with E-state index in [4.69, 9.17) is 16.3 Å². The van der Waals surface area contributed by atoms with E-state index >= 15 is 0 Å². The molecule has 0 unspecified atom stereocenters. The minimum atomic E-state index is 0.424. The third kappa shape index (κ3) is 2.29. The maximum atomic E-state index is 5.82. The SMILES string of the molecule is Clc1cc(Oc2ccc3ccccc3c2)ccn1. The van der Waals surface area contributed by atoms with Crippen LogP contribution in [0.2, 0.25) is 5.15 Å². The van der Waals surface area contributed by atoms with E-state index in [2.05, 4.69) is 17.1 Å². The summed E-state index contributed by atoms with van der Waals surface area (Å²) >= 11 is 5.82. The van der Waals surface area contributed by atoms with E-state index in [9.17, 15) is 0 Å². The number of aromatic nitrogens is 1. The van der Waals surface area contributed by atoms with Crippen LogP contribution >= 0.6 is 11.6 Å². The van der Waals surface area contributed by atoms with E-state index in [0.29, 0.717) is 10.9 Å². The van der Waals surface area contributed by atoms with E-state index < -0.39 is 0 Å². The summed E-state index contributed by atoms with van der Waals surface area (Å²) in [6.45, 7) is 0. The molecule has 0 aliphatic heterocycles. The van der Waals surface area contributed by atoms with Crippen molar-refractivity contribution < 1.29 is 4.74 Å². The molecule has 0 spiro atoms. The van der Waals surface area contributed by atoms with Gasteiger partial charge in [-0.25, -0.2) is 4.98 Å². The average Bonchev–Trinajstić information content (AvgIpc) is 2.39. The zero-order valence-electron chi connectivity index (χ0n) is 9.51. The summed E-state index contributed by atoms with van der Waals surface area (Å²) in [7, 11) is 0. The van der Waals surface area contributed by atoms with E-state index in [1.165, 1.54) is 5.39 Å². The molecule has 0 amide bonds. The zero-order chi connectivity index (χ0) is 12.4. The number of hydrogen-bond acceptors (Lipinski definition) is 2. The largest absolute Gasteiger partial charge is 0.457 e. The maximum absolute atomic E-state index is 5.82. The summed E-state index contributed by atoms with van der Waals surface area (Å²) < 4.78 is 5.74. The second kappa shape index (κ2) is 4.67. The van der Waals surface area contributed by atoms with Gasteiger partial charge in [0.15, 0.2) is 0 Å². The number of fused-ring (bicyclic) bond motifs is 1. The van der Waals surface area contributed by atoms with E-state index in [-0.39, 0.29) is 0 Å². The van der Waals surface area contributed by atoms with Crippen molar-refractivity contribution in [3.8, 4) is 11.5 Å². The summed E-state index contributed by atoms with van der Waals surface area (Å²) in [5.74, 6) is 1.47. The molecule has 0 aliphatic rings. The van der Waals surface area contributed by atoms with Crippen LogP contribution in [0.25, 0.3) is 10.8 Å². The van der Waals surface area contributed by atoms with Gasteiger partial charge in [-0.05, 0) is 29.0 Å². The Morgan fingerprint density at radius 3 is 2.44 bits per heavy atom. The van der Waals surface area contributed by atoms with Gasteiger partial charge in [0.1, 0.15) is 16.7 Å². The quantitative estimate of drug-likeness (QED) is 0.620. The lowest BCUT2D eigenvalue weighted by Crippen LogP contribution is -1.85. The molecule has 0 saturated heterocycles. The molecular formula is C15H10ClNO. The van der Waals surface area contributed by atoms with Crippen LogP contribution in [0.5, 0.6) is 11.5 Å². The molecule has 2 aromatic carbocycles. The van der Waals surface area contributed by atoms with Crippen molar-refractivity contribution in [2.45, 2.75) is 0 Å². The van der Waals surface area contributed by atoms with Crippen LogP contribution in [0.1, 0.15) is 0 Å². The van der Waals surface area contributed by atoms with Crippen molar-refractivity contribution in [2.75, 3.05) is 0 Å². The first-order valence-corrected chi connectivity index (χ1v) is 5.97. The molecule has 18 heavy (non-hydrogen) atoms. The Bertz CT molecular complexity index is 697. The van der Waals surface area contributed by atoms with Gasteiger partial charge in [-0.1, -0.05) is 41.9 Å². The highest BCUT2D eigenvalue weighted by Gasteiger charge is 2.00. The van der Waals surface area contributed by atoms with Crippen molar-refractivity contribution in [3.63, 3.8) is 0 Å². The first-order valence-electron chi connectivity index (χ1n) is 5.59. The highest BCUT2D eigenvalue weighted by Crippen LogP contribution is 2.26. The number of ether oxygens (including phenoxy) is 1. The number of benzene rings is 2. The van der Waals surface area contributed by atoms with Gasteiger partial charge in [-0.3, -0.25) is 0 Å². The second-order valence-electron chi connectivity index (χ2n) is 3.93. The molecule has 0 fully saturated rings. The van der Waals surface area contributed by atoms with Crippen LogP contribution in [0.4, 0.5) is 0 Å². The minimum absolute atomic E-state index is 0.424. The van der Waals surface area contributed by atoms with Crippen molar-refractivity contribution in [3.05, 3.63) is 65.9 Å². The predicted octanol–water partition coefficient (Wildman–Crippen LogP) is 4.68. The van der Waals surface area contributed by atoms with Gasteiger partial charge in [0.2, 0.25) is 0 Å². The van der Waals surface area contributed by atoms with Gasteiger partial charge in [0.05, 0.1) is 0 Å². The Kier molecular flexibility index (Phi) is 2.87. The summed E-state index contributed by atoms with van der Waals surface area (Å²) in [4.78, 5) is 3.92. The molecule has 3 heteroatoms. The summed E-state index contributed by atoms with van der Waals surface area (Å²) in [6, 6.07) is 17.6. The monoisotopic (exact) mass is 255 g/mol. The highest BCUT2D eigenvalue weighted by molar-refractivity contribution is 6.29. The third-order valence-corrected chi connectivity index (χ3v) is 2.86. The number of rotatable bonds is 2. The van der Waals surface area contributed by atoms with Crippen molar-refractivity contribution in [1.82, 2.24) is 4.98 Å². The molecule has 0 radical (unpaired) electrons. The second-order valence-corrected chi connectivity index (χ2v) is 4.31. The molecule has 0 aliphatic carbocycles. The predicted molar refractivity (Wildman–Crippen MR) is 73.3 cm³/mol. The molecular weight excluding hydrogens is 246 g/mol. The van der Waals surface area contributed by atoms with Crippen LogP contribution in [0.3, 0.4) is 0 Å². The lowest BCUT2D eigenvalue weighted by Gasteiger charge is -2.06. The number of pyridine rings is 1. The Balaban J connectivity index is 1.95. The fraction of sp³-hybridized carbons (Fsp3) is 0. The lowest BCUT2D eigenvalue weighted by molar-refractivity contribution is 0.483. The van der Waals surface area contributed by atoms with Crippen LogP contribution in [-0.4, -0.2) is 4.98 Å². The van der Waals surface area contributed by atoms with E-state index in [1.54, 1.807) is 18.3 Å². The minimum Gasteiger partial charge on any atom is -0.457 e. The molecule has 1 aromatic heterocycles. The van der Waals surface area contributed by atoms with Crippen molar-refractivity contribution in [2.24, 2.45) is 0 Å². The van der Waals surface area contributed by atoms with Gasteiger partial charge in [-0.2, -0.15) is 0 Å². The number of hydrogen-bond donors (Lipinski definition) is 0. The smallest absolute Gasteiger partial charge is 0.132 e. The van der Waals surface area contributed by atoms with E-state index in [1.807, 2.05) is 30.3 Å². The Morgan fingerprint density at radius 1 is 0.833 bits per heavy atom. The Labute approximate surface area is 110 Å². The van der Waals surface area contributed by atoms with Crippen LogP contribution in [-0.2, 0) is 0 Å². The first-order chi connectivity index (χ1) is 8.81. The molecule has 0 saturated carbocycles. The molecule has 3 aromatic rings. The molecule has 88 valence electrons. The average molecular weight is 256 g/mol. The molecule has 0 N–H and O–H groups in total. The molecule has 0 atom stereocenters. The summed E-state index contributed by atoms with van der Waals surface area (Å²) in [5, 5.41) is 2.76. The van der Waals surface area contributed by atoms with Gasteiger partial charge < -0.3 is 4.74 Å². The molecule has 2 nitrogen and oxygen atoms in total. The molecule has 1 heterocycles. The van der Waals surface area contributed by atoms with Crippen LogP contribution in [0, 0.1) is 0 Å². The zero-order valence-corrected chi connectivity index (χ0v) is 10.3. The first kappa shape index (κ1) is 11.1. The van der Waals surface area contributed by atoms with E-state index in [0.717, 1.165) is 11.1 Å². The van der Waals surface area contributed by atoms with Gasteiger partial charge in [0, 0.05) is 12.3 Å².